The largest absolute Gasteiger partial charge is 0.481 e. The number of aliphatic carboxylic acids is 1. The van der Waals surface area contributed by atoms with Crippen LogP contribution in [-0.4, -0.2) is 50.5 Å². The molecule has 0 bridgehead atoms. The van der Waals surface area contributed by atoms with Crippen molar-refractivity contribution in [2.45, 2.75) is 45.3 Å². The van der Waals surface area contributed by atoms with Crippen LogP contribution in [0.1, 0.15) is 31.9 Å². The lowest BCUT2D eigenvalue weighted by Gasteiger charge is -2.10. The standard InChI is InChI=1S/C12H21N3O4/c1-2-3-6-19-9-11(16)8-15-7-10(13-14-15)4-5-12(17)18/h7,11,16H,2-6,8-9H2,1H3,(H,17,18). The summed E-state index contributed by atoms with van der Waals surface area (Å²) in [5, 5.41) is 26.0. The average Bonchev–Trinajstić information content (AvgIpc) is 2.80. The van der Waals surface area contributed by atoms with Crippen LogP contribution in [0.4, 0.5) is 0 Å². The number of rotatable bonds is 10. The second-order valence-corrected chi connectivity index (χ2v) is 4.41. The molecule has 0 aliphatic carbocycles. The Hall–Kier alpha value is -1.47. The molecule has 7 nitrogen and oxygen atoms in total. The van der Waals surface area contributed by atoms with Crippen molar-refractivity contribution in [2.75, 3.05) is 13.2 Å². The first-order valence-corrected chi connectivity index (χ1v) is 6.48. The van der Waals surface area contributed by atoms with E-state index < -0.39 is 12.1 Å². The molecule has 0 saturated carbocycles. The number of carbonyl (C=O) groups is 1. The van der Waals surface area contributed by atoms with Crippen LogP contribution in [0.5, 0.6) is 0 Å². The average molecular weight is 271 g/mol. The van der Waals surface area contributed by atoms with Crippen LogP contribution in [0.25, 0.3) is 0 Å². The molecular formula is C12H21N3O4. The summed E-state index contributed by atoms with van der Waals surface area (Å²) < 4.78 is 6.81. The van der Waals surface area contributed by atoms with Crippen LogP contribution < -0.4 is 0 Å². The van der Waals surface area contributed by atoms with E-state index in [2.05, 4.69) is 17.2 Å². The van der Waals surface area contributed by atoms with Crippen molar-refractivity contribution in [1.29, 1.82) is 0 Å². The van der Waals surface area contributed by atoms with Crippen molar-refractivity contribution in [2.24, 2.45) is 0 Å². The topological polar surface area (TPSA) is 97.5 Å². The molecule has 1 rings (SSSR count). The zero-order valence-corrected chi connectivity index (χ0v) is 11.2. The van der Waals surface area contributed by atoms with Gasteiger partial charge in [0.05, 0.1) is 31.4 Å². The van der Waals surface area contributed by atoms with Crippen molar-refractivity contribution >= 4 is 5.97 Å². The predicted molar refractivity (Wildman–Crippen MR) is 67.7 cm³/mol. The molecule has 7 heteroatoms. The lowest BCUT2D eigenvalue weighted by molar-refractivity contribution is -0.136. The van der Waals surface area contributed by atoms with Gasteiger partial charge < -0.3 is 14.9 Å². The number of carboxylic acids is 1. The minimum Gasteiger partial charge on any atom is -0.481 e. The monoisotopic (exact) mass is 271 g/mol. The fourth-order valence-electron chi connectivity index (χ4n) is 1.51. The summed E-state index contributed by atoms with van der Waals surface area (Å²) in [4.78, 5) is 10.4. The van der Waals surface area contributed by atoms with Crippen molar-refractivity contribution in [3.63, 3.8) is 0 Å². The Balaban J connectivity index is 2.26. The van der Waals surface area contributed by atoms with Gasteiger partial charge in [-0.1, -0.05) is 18.6 Å². The van der Waals surface area contributed by atoms with E-state index in [4.69, 9.17) is 9.84 Å². The number of hydrogen-bond acceptors (Lipinski definition) is 5. The number of ether oxygens (including phenoxy) is 1. The molecule has 19 heavy (non-hydrogen) atoms. The second-order valence-electron chi connectivity index (χ2n) is 4.41. The third-order valence-electron chi connectivity index (χ3n) is 2.53. The quantitative estimate of drug-likeness (QED) is 0.600. The van der Waals surface area contributed by atoms with Gasteiger partial charge in [0.15, 0.2) is 0 Å². The van der Waals surface area contributed by atoms with Gasteiger partial charge in [-0.2, -0.15) is 0 Å². The van der Waals surface area contributed by atoms with Crippen molar-refractivity contribution in [3.05, 3.63) is 11.9 Å². The molecule has 0 spiro atoms. The molecule has 0 saturated heterocycles. The lowest BCUT2D eigenvalue weighted by Crippen LogP contribution is -2.22. The summed E-state index contributed by atoms with van der Waals surface area (Å²) in [7, 11) is 0. The minimum atomic E-state index is -0.862. The summed E-state index contributed by atoms with van der Waals surface area (Å²) in [6.07, 6.45) is 3.44. The highest BCUT2D eigenvalue weighted by atomic mass is 16.5. The molecule has 108 valence electrons. The zero-order valence-electron chi connectivity index (χ0n) is 11.2. The molecular weight excluding hydrogens is 250 g/mol. The van der Waals surface area contributed by atoms with Crippen LogP contribution in [0.2, 0.25) is 0 Å². The van der Waals surface area contributed by atoms with Crippen LogP contribution in [0, 0.1) is 0 Å². The van der Waals surface area contributed by atoms with E-state index >= 15 is 0 Å². The Kier molecular flexibility index (Phi) is 7.06. The van der Waals surface area contributed by atoms with E-state index in [-0.39, 0.29) is 13.0 Å². The number of carboxylic acid groups (broad SMARTS) is 1. The van der Waals surface area contributed by atoms with Crippen LogP contribution in [0.3, 0.4) is 0 Å². The van der Waals surface area contributed by atoms with Crippen LogP contribution >= 0.6 is 0 Å². The molecule has 2 N–H and O–H groups in total. The second kappa shape index (κ2) is 8.60. The number of aliphatic hydroxyl groups is 1. The summed E-state index contributed by atoms with van der Waals surface area (Å²) in [5.74, 6) is -0.862. The molecule has 0 aliphatic rings. The maximum absolute atomic E-state index is 10.4. The molecule has 1 heterocycles. The molecule has 0 aliphatic heterocycles. The number of nitrogens with zero attached hydrogens (tertiary/aromatic N) is 3. The smallest absolute Gasteiger partial charge is 0.303 e. The van der Waals surface area contributed by atoms with Gasteiger partial charge in [-0.15, -0.1) is 5.10 Å². The Morgan fingerprint density at radius 1 is 1.58 bits per heavy atom. The SMILES string of the molecule is CCCCOCC(O)Cn1cc(CCC(=O)O)nn1. The van der Waals surface area contributed by atoms with E-state index in [9.17, 15) is 9.90 Å². The Labute approximate surface area is 112 Å². The molecule has 0 fully saturated rings. The summed E-state index contributed by atoms with van der Waals surface area (Å²) in [6.45, 7) is 3.29. The van der Waals surface area contributed by atoms with Gasteiger partial charge in [0.2, 0.25) is 0 Å². The van der Waals surface area contributed by atoms with Gasteiger partial charge >= 0.3 is 5.97 Å². The Morgan fingerprint density at radius 2 is 2.37 bits per heavy atom. The number of aromatic nitrogens is 3. The number of aryl methyl sites for hydroxylation is 1. The predicted octanol–water partition coefficient (Wildman–Crippen LogP) is 0.473. The van der Waals surface area contributed by atoms with E-state index in [0.29, 0.717) is 25.3 Å². The molecule has 1 unspecified atom stereocenters. The first-order valence-electron chi connectivity index (χ1n) is 6.48. The number of aliphatic hydroxyl groups excluding tert-OH is 1. The highest BCUT2D eigenvalue weighted by Gasteiger charge is 2.08. The van der Waals surface area contributed by atoms with Crippen molar-refractivity contribution < 1.29 is 19.7 Å². The molecule has 0 radical (unpaired) electrons. The highest BCUT2D eigenvalue weighted by Crippen LogP contribution is 2.00. The summed E-state index contributed by atoms with van der Waals surface area (Å²) >= 11 is 0. The third kappa shape index (κ3) is 6.88. The Morgan fingerprint density at radius 3 is 3.05 bits per heavy atom. The first-order chi connectivity index (χ1) is 9.11. The third-order valence-corrected chi connectivity index (χ3v) is 2.53. The van der Waals surface area contributed by atoms with Crippen LogP contribution in [0.15, 0.2) is 6.20 Å². The van der Waals surface area contributed by atoms with Gasteiger partial charge in [-0.25, -0.2) is 4.68 Å². The molecule has 1 aromatic heterocycles. The summed E-state index contributed by atoms with van der Waals surface area (Å²) in [5.41, 5.74) is 0.613. The van der Waals surface area contributed by atoms with Gasteiger partial charge in [0, 0.05) is 19.2 Å². The molecule has 1 aromatic rings. The van der Waals surface area contributed by atoms with Crippen molar-refractivity contribution in [1.82, 2.24) is 15.0 Å². The Bertz CT molecular complexity index is 381. The van der Waals surface area contributed by atoms with E-state index in [0.717, 1.165) is 12.8 Å². The molecule has 0 aromatic carbocycles. The van der Waals surface area contributed by atoms with Gasteiger partial charge in [-0.3, -0.25) is 4.79 Å². The van der Waals surface area contributed by atoms with Gasteiger partial charge in [0.1, 0.15) is 0 Å². The van der Waals surface area contributed by atoms with Gasteiger partial charge in [0.25, 0.3) is 0 Å². The summed E-state index contributed by atoms with van der Waals surface area (Å²) in [6, 6.07) is 0. The fourth-order valence-corrected chi connectivity index (χ4v) is 1.51. The fraction of sp³-hybridized carbons (Fsp3) is 0.750. The number of hydrogen-bond donors (Lipinski definition) is 2. The van der Waals surface area contributed by atoms with Crippen molar-refractivity contribution in [3.8, 4) is 0 Å². The highest BCUT2D eigenvalue weighted by molar-refractivity contribution is 5.66. The zero-order chi connectivity index (χ0) is 14.1. The van der Waals surface area contributed by atoms with Crippen LogP contribution in [-0.2, 0) is 22.5 Å². The van der Waals surface area contributed by atoms with E-state index in [1.807, 2.05) is 0 Å². The number of unbranched alkanes of at least 4 members (excludes halogenated alkanes) is 1. The molecule has 0 amide bonds. The lowest BCUT2D eigenvalue weighted by atomic mass is 10.2. The minimum absolute atomic E-state index is 0.0291. The maximum atomic E-state index is 10.4. The maximum Gasteiger partial charge on any atom is 0.303 e. The van der Waals surface area contributed by atoms with E-state index in [1.54, 1.807) is 6.20 Å². The van der Waals surface area contributed by atoms with Gasteiger partial charge in [-0.05, 0) is 6.42 Å². The first kappa shape index (κ1) is 15.6. The molecule has 1 atom stereocenters. The van der Waals surface area contributed by atoms with E-state index in [1.165, 1.54) is 4.68 Å². The normalized spacial score (nSPS) is 12.5.